The summed E-state index contributed by atoms with van der Waals surface area (Å²) in [6.07, 6.45) is 9.77. The van der Waals surface area contributed by atoms with Crippen LogP contribution in [0.5, 0.6) is 0 Å². The third kappa shape index (κ3) is 19.0. The van der Waals surface area contributed by atoms with Gasteiger partial charge in [0.1, 0.15) is 35.2 Å². The van der Waals surface area contributed by atoms with Gasteiger partial charge < -0.3 is 0 Å². The van der Waals surface area contributed by atoms with E-state index in [9.17, 15) is 0 Å². The van der Waals surface area contributed by atoms with Gasteiger partial charge in [0.15, 0.2) is 31.0 Å². The average Bonchev–Trinajstić information content (AvgIpc) is 0.714. The van der Waals surface area contributed by atoms with Gasteiger partial charge in [0.05, 0.1) is 0 Å². The fourth-order valence-electron chi connectivity index (χ4n) is 14.0. The van der Waals surface area contributed by atoms with Gasteiger partial charge in [-0.15, -0.1) is 0 Å². The molecule has 10 aromatic carbocycles. The number of hydrogen-bond donors (Lipinski definition) is 0. The van der Waals surface area contributed by atoms with Crippen LogP contribution in [0.1, 0.15) is 88.8 Å². The third-order valence-electron chi connectivity index (χ3n) is 19.8. The summed E-state index contributed by atoms with van der Waals surface area (Å²) in [7, 11) is 9.93. The molecule has 0 aliphatic rings. The van der Waals surface area contributed by atoms with Crippen molar-refractivity contribution in [1.82, 2.24) is 0 Å². The lowest BCUT2D eigenvalue weighted by molar-refractivity contribution is -0.660. The van der Waals surface area contributed by atoms with E-state index >= 15 is 0 Å². The van der Waals surface area contributed by atoms with Gasteiger partial charge in [-0.3, -0.25) is 0 Å². The molecule has 538 valence electrons. The van der Waals surface area contributed by atoms with Crippen LogP contribution in [0.2, 0.25) is 0 Å². The second-order valence-electron chi connectivity index (χ2n) is 28.2. The molecule has 0 bridgehead atoms. The van der Waals surface area contributed by atoms with E-state index in [1.54, 1.807) is 54.3 Å². The quantitative estimate of drug-likeness (QED) is 0.122. The highest BCUT2D eigenvalue weighted by Gasteiger charge is 2.22. The molecule has 0 aliphatic carbocycles. The van der Waals surface area contributed by atoms with E-state index in [0.717, 1.165) is 72.7 Å². The predicted molar refractivity (Wildman–Crippen MR) is 454 cm³/mol. The van der Waals surface area contributed by atoms with E-state index < -0.39 is 27.4 Å². The Morgan fingerprint density at radius 2 is 0.426 bits per heavy atom. The summed E-state index contributed by atoms with van der Waals surface area (Å²) in [5, 5.41) is 0. The second-order valence-corrected chi connectivity index (χ2v) is 28.2. The van der Waals surface area contributed by atoms with Crippen LogP contribution in [0.3, 0.4) is 0 Å². The standard InChI is InChI=1S/3C21H22N.2C20H20N/c3*1-15-10-11-19(16(2)12-15)21-13-20(17(3)14-22(21)4)18-8-6-5-7-9-18;2*1-15-9-10-19(16(2)13-15)20-14-18(11-12-21(20)3)17-7-5-4-6-8-17/h3*5-14H,1-4H3;2*4-14H,1-3H3/q5*+1/i1D3,3D3;3D3;;1D3;. The summed E-state index contributed by atoms with van der Waals surface area (Å²) < 4.78 is 103. The van der Waals surface area contributed by atoms with Crippen molar-refractivity contribution in [2.24, 2.45) is 35.2 Å². The molecule has 0 atom stereocenters. The summed E-state index contributed by atoms with van der Waals surface area (Å²) in [6.45, 7) is 10.2. The van der Waals surface area contributed by atoms with Crippen molar-refractivity contribution >= 4 is 0 Å². The minimum atomic E-state index is -2.25. The molecule has 15 aromatic rings. The van der Waals surface area contributed by atoms with Gasteiger partial charge in [0, 0.05) is 103 Å². The Balaban J connectivity index is 0.000000147. The van der Waals surface area contributed by atoms with Crippen molar-refractivity contribution in [1.29, 1.82) is 0 Å². The monoisotopic (exact) mass is 1420 g/mol. The summed E-state index contributed by atoms with van der Waals surface area (Å²) in [6, 6.07) is 95.4. The van der Waals surface area contributed by atoms with Crippen molar-refractivity contribution in [3.8, 4) is 112 Å². The fraction of sp³-hybridized carbons (Fsp3) is 0.175. The molecule has 0 amide bonds. The first-order valence-corrected chi connectivity index (χ1v) is 36.6. The number of pyridine rings is 5. The zero-order valence-corrected chi connectivity index (χ0v) is 64.8. The predicted octanol–water partition coefficient (Wildman–Crippen LogP) is 23.2. The Labute approximate surface area is 661 Å². The summed E-state index contributed by atoms with van der Waals surface area (Å²) in [5.74, 6) is 0. The molecule has 108 heavy (non-hydrogen) atoms. The molecule has 5 heterocycles. The third-order valence-corrected chi connectivity index (χ3v) is 19.8. The Kier molecular flexibility index (Phi) is 20.4. The highest BCUT2D eigenvalue weighted by Crippen LogP contribution is 2.34. The molecule has 0 saturated heterocycles. The van der Waals surface area contributed by atoms with Crippen LogP contribution >= 0.6 is 0 Å². The maximum atomic E-state index is 7.93. The highest BCUT2D eigenvalue weighted by molar-refractivity contribution is 5.77. The van der Waals surface area contributed by atoms with Crippen LogP contribution < -0.4 is 22.8 Å². The molecule has 0 aliphatic heterocycles. The van der Waals surface area contributed by atoms with Gasteiger partial charge >= 0.3 is 0 Å². The molecule has 0 saturated carbocycles. The van der Waals surface area contributed by atoms with E-state index in [2.05, 4.69) is 246 Å². The van der Waals surface area contributed by atoms with Crippen LogP contribution in [0.25, 0.3) is 112 Å². The number of hydrogen-bond acceptors (Lipinski definition) is 0. The van der Waals surface area contributed by atoms with E-state index in [0.29, 0.717) is 22.3 Å². The van der Waals surface area contributed by atoms with E-state index in [1.807, 2.05) is 136 Å². The van der Waals surface area contributed by atoms with Crippen molar-refractivity contribution < 1.29 is 39.3 Å². The molecule has 5 aromatic heterocycles. The van der Waals surface area contributed by atoms with Crippen LogP contribution in [0, 0.1) is 89.7 Å². The molecule has 0 radical (unpaired) electrons. The topological polar surface area (TPSA) is 19.4 Å². The minimum Gasteiger partial charge on any atom is -0.201 e. The first-order chi connectivity index (χ1) is 56.8. The zero-order valence-electron chi connectivity index (χ0n) is 76.8. The van der Waals surface area contributed by atoms with Crippen LogP contribution in [0.15, 0.2) is 316 Å². The van der Waals surface area contributed by atoms with Crippen LogP contribution in [-0.4, -0.2) is 0 Å². The van der Waals surface area contributed by atoms with Gasteiger partial charge in [-0.05, 0) is 204 Å². The molecule has 15 rings (SSSR count). The number of aromatic nitrogens is 5. The maximum Gasteiger partial charge on any atom is 0.213 e. The Morgan fingerprint density at radius 3 is 0.694 bits per heavy atom. The van der Waals surface area contributed by atoms with Crippen molar-refractivity contribution in [3.63, 3.8) is 0 Å². The Hall–Kier alpha value is -12.1. The van der Waals surface area contributed by atoms with E-state index in [1.165, 1.54) is 83.7 Å². The highest BCUT2D eigenvalue weighted by atomic mass is 14.9. The lowest BCUT2D eigenvalue weighted by Crippen LogP contribution is -2.31. The van der Waals surface area contributed by atoms with Crippen molar-refractivity contribution in [3.05, 3.63) is 388 Å². The van der Waals surface area contributed by atoms with Gasteiger partial charge in [0.2, 0.25) is 28.5 Å². The van der Waals surface area contributed by atoms with Gasteiger partial charge in [0.25, 0.3) is 0 Å². The number of nitrogens with zero attached hydrogens (tertiary/aromatic N) is 5. The smallest absolute Gasteiger partial charge is 0.201 e. The molecule has 5 heteroatoms. The largest absolute Gasteiger partial charge is 0.213 e. The normalized spacial score (nSPS) is 12.8. The maximum absolute atomic E-state index is 7.93. The van der Waals surface area contributed by atoms with Gasteiger partial charge in [-0.2, -0.15) is 0 Å². The van der Waals surface area contributed by atoms with Crippen LogP contribution in [0.4, 0.5) is 0 Å². The fourth-order valence-corrected chi connectivity index (χ4v) is 14.0. The summed E-state index contributed by atoms with van der Waals surface area (Å²) in [5.41, 5.74) is 33.6. The van der Waals surface area contributed by atoms with E-state index in [-0.39, 0.29) is 5.56 Å². The molecular formula is C103H106N5+5. The lowest BCUT2D eigenvalue weighted by atomic mass is 9.97. The zero-order chi connectivity index (χ0) is 86.7. The van der Waals surface area contributed by atoms with Crippen molar-refractivity contribution in [2.45, 2.75) is 89.7 Å². The molecule has 0 fully saturated rings. The summed E-state index contributed by atoms with van der Waals surface area (Å²) >= 11 is 0. The molecule has 0 spiro atoms. The molecule has 5 nitrogen and oxygen atoms in total. The summed E-state index contributed by atoms with van der Waals surface area (Å²) in [4.78, 5) is 0. The van der Waals surface area contributed by atoms with Gasteiger partial charge in [-0.25, -0.2) is 22.8 Å². The van der Waals surface area contributed by atoms with E-state index in [4.69, 9.17) is 16.4 Å². The first-order valence-electron chi connectivity index (χ1n) is 42.6. The lowest BCUT2D eigenvalue weighted by Gasteiger charge is -2.10. The number of benzene rings is 10. The van der Waals surface area contributed by atoms with Crippen LogP contribution in [-0.2, 0) is 35.2 Å². The molecule has 0 N–H and O–H groups in total. The average molecular weight is 1430 g/mol. The molecular weight excluding hydrogens is 1310 g/mol. The van der Waals surface area contributed by atoms with Crippen molar-refractivity contribution in [2.75, 3.05) is 0 Å². The number of aryl methyl sites for hydroxylation is 18. The van der Waals surface area contributed by atoms with Gasteiger partial charge in [-0.1, -0.05) is 240 Å². The second kappa shape index (κ2) is 35.4. The Bertz CT molecular complexity index is 6120. The SMILES string of the molecule is Cc1ccc(-c2cc(-c3ccccc3)c(C)c[n+]2C)c(C)c1.Cc1ccc(-c2cc(-c3ccccc3)cc[n+]2C)c(C)c1.[2H]C([2H])([2H])c1c[n+](C)c(-c2ccc(C)cc2C)cc1-c1ccccc1.[2H]C([2H])([2H])c1ccc(-c2cc(-c3ccccc3)c(C([2H])([2H])[2H])c[n+]2C)c(C)c1.[2H]C([2H])([2H])c1ccc(-c2cc(-c3ccccc3)cc[n+]2C)c(C)c1. The number of rotatable bonds is 10. The molecule has 0 unspecified atom stereocenters. The Morgan fingerprint density at radius 1 is 0.185 bits per heavy atom. The minimum absolute atomic E-state index is 0.279. The first kappa shape index (κ1) is 62.2.